The molecule has 0 saturated carbocycles. The van der Waals surface area contributed by atoms with E-state index < -0.39 is 5.54 Å². The van der Waals surface area contributed by atoms with Gasteiger partial charge in [-0.2, -0.15) is 0 Å². The van der Waals surface area contributed by atoms with Gasteiger partial charge in [0.05, 0.1) is 12.1 Å². The van der Waals surface area contributed by atoms with Crippen molar-refractivity contribution in [3.63, 3.8) is 0 Å². The molecule has 1 aliphatic heterocycles. The minimum Gasteiger partial charge on any atom is -0.384 e. The van der Waals surface area contributed by atoms with Gasteiger partial charge in [-0.25, -0.2) is 0 Å². The van der Waals surface area contributed by atoms with E-state index in [4.69, 9.17) is 5.11 Å². The first-order chi connectivity index (χ1) is 9.45. The average molecular weight is 292 g/mol. The first-order valence-electron chi connectivity index (χ1n) is 6.20. The predicted octanol–water partition coefficient (Wildman–Crippen LogP) is 0.329. The van der Waals surface area contributed by atoms with Crippen LogP contribution in [0.4, 0.5) is 0 Å². The Bertz CT molecular complexity index is 595. The van der Waals surface area contributed by atoms with Crippen molar-refractivity contribution >= 4 is 23.2 Å². The third-order valence-corrected chi connectivity index (χ3v) is 4.22. The Morgan fingerprint density at radius 3 is 2.95 bits per heavy atom. The van der Waals surface area contributed by atoms with Gasteiger partial charge in [0.2, 0.25) is 11.8 Å². The summed E-state index contributed by atoms with van der Waals surface area (Å²) in [6.45, 7) is 4.07. The summed E-state index contributed by atoms with van der Waals surface area (Å²) >= 11 is 1.53. The second-order valence-corrected chi connectivity index (χ2v) is 6.01. The molecule has 2 N–H and O–H groups in total. The van der Waals surface area contributed by atoms with E-state index in [2.05, 4.69) is 17.2 Å². The van der Waals surface area contributed by atoms with Crippen LogP contribution in [0, 0.1) is 11.8 Å². The molecule has 0 aromatic carbocycles. The molecule has 0 radical (unpaired) electrons. The topological polar surface area (TPSA) is 69.6 Å². The van der Waals surface area contributed by atoms with Gasteiger partial charge in [-0.3, -0.25) is 19.8 Å². The van der Waals surface area contributed by atoms with Crippen LogP contribution in [0.1, 0.15) is 24.3 Å². The highest BCUT2D eigenvalue weighted by molar-refractivity contribution is 7.10. The monoisotopic (exact) mass is 292 g/mol. The molecule has 2 rings (SSSR count). The quantitative estimate of drug-likeness (QED) is 0.609. The number of hydrogen-bond donors (Lipinski definition) is 2. The third kappa shape index (κ3) is 2.90. The molecule has 0 aliphatic carbocycles. The first kappa shape index (κ1) is 14.7. The molecule has 0 atom stereocenters. The number of nitrogens with zero attached hydrogens (tertiary/aromatic N) is 1. The number of piperazine rings is 1. The Morgan fingerprint density at radius 1 is 1.50 bits per heavy atom. The van der Waals surface area contributed by atoms with Crippen LogP contribution in [-0.2, 0) is 16.1 Å². The number of rotatable bonds is 2. The summed E-state index contributed by atoms with van der Waals surface area (Å²) < 4.78 is 0. The SMILES string of the molecule is CC1(C)C(=O)NC(=O)CN1Cc1sccc1C#CCO. The molecule has 0 spiro atoms. The molecule has 0 bridgehead atoms. The summed E-state index contributed by atoms with van der Waals surface area (Å²) in [7, 11) is 0. The Labute approximate surface area is 121 Å². The molecule has 5 nitrogen and oxygen atoms in total. The predicted molar refractivity (Wildman–Crippen MR) is 75.9 cm³/mol. The van der Waals surface area contributed by atoms with Gasteiger partial charge in [0.15, 0.2) is 0 Å². The minimum absolute atomic E-state index is 0.184. The van der Waals surface area contributed by atoms with Gasteiger partial charge in [0, 0.05) is 17.0 Å². The van der Waals surface area contributed by atoms with E-state index in [0.29, 0.717) is 6.54 Å². The van der Waals surface area contributed by atoms with Crippen LogP contribution in [-0.4, -0.2) is 40.5 Å². The van der Waals surface area contributed by atoms with Crippen molar-refractivity contribution in [2.24, 2.45) is 0 Å². The van der Waals surface area contributed by atoms with Gasteiger partial charge in [-0.15, -0.1) is 11.3 Å². The lowest BCUT2D eigenvalue weighted by atomic mass is 9.98. The van der Waals surface area contributed by atoms with Crippen molar-refractivity contribution in [2.45, 2.75) is 25.9 Å². The highest BCUT2D eigenvalue weighted by Crippen LogP contribution is 2.25. The maximum Gasteiger partial charge on any atom is 0.246 e. The standard InChI is InChI=1S/C14H16N2O3S/c1-14(2)13(19)15-12(18)9-16(14)8-11-10(4-3-6-17)5-7-20-11/h5,7,17H,6,8-9H2,1-2H3,(H,15,18,19). The Kier molecular flexibility index (Phi) is 4.23. The number of aliphatic hydroxyl groups is 1. The molecule has 0 unspecified atom stereocenters. The minimum atomic E-state index is -0.737. The van der Waals surface area contributed by atoms with E-state index in [-0.39, 0.29) is 25.0 Å². The van der Waals surface area contributed by atoms with E-state index in [1.165, 1.54) is 11.3 Å². The molecular weight excluding hydrogens is 276 g/mol. The highest BCUT2D eigenvalue weighted by atomic mass is 32.1. The Hall–Kier alpha value is -1.68. The van der Waals surface area contributed by atoms with Gasteiger partial charge >= 0.3 is 0 Å². The van der Waals surface area contributed by atoms with Crippen LogP contribution in [0.2, 0.25) is 0 Å². The lowest BCUT2D eigenvalue weighted by Crippen LogP contribution is -2.63. The first-order valence-corrected chi connectivity index (χ1v) is 7.08. The number of carbonyl (C=O) groups excluding carboxylic acids is 2. The second-order valence-electron chi connectivity index (χ2n) is 5.01. The van der Waals surface area contributed by atoms with Gasteiger partial charge in [-0.1, -0.05) is 11.8 Å². The third-order valence-electron chi connectivity index (χ3n) is 3.32. The van der Waals surface area contributed by atoms with Crippen LogP contribution in [0.5, 0.6) is 0 Å². The molecular formula is C14H16N2O3S. The summed E-state index contributed by atoms with van der Waals surface area (Å²) in [5, 5.41) is 13.0. The molecule has 1 aromatic rings. The molecule has 2 heterocycles. The number of nitrogens with one attached hydrogen (secondary N) is 1. The molecule has 1 aliphatic rings. The molecule has 1 fully saturated rings. The zero-order chi connectivity index (χ0) is 14.8. The number of amides is 2. The van der Waals surface area contributed by atoms with Crippen LogP contribution in [0.3, 0.4) is 0 Å². The van der Waals surface area contributed by atoms with Gasteiger partial charge in [0.1, 0.15) is 6.61 Å². The van der Waals surface area contributed by atoms with Gasteiger partial charge < -0.3 is 5.11 Å². The van der Waals surface area contributed by atoms with E-state index in [9.17, 15) is 9.59 Å². The van der Waals surface area contributed by atoms with Crippen molar-refractivity contribution in [1.29, 1.82) is 0 Å². The summed E-state index contributed by atoms with van der Waals surface area (Å²) in [4.78, 5) is 26.2. The summed E-state index contributed by atoms with van der Waals surface area (Å²) in [6, 6.07) is 1.88. The zero-order valence-electron chi connectivity index (χ0n) is 11.4. The lowest BCUT2D eigenvalue weighted by Gasteiger charge is -2.39. The summed E-state index contributed by atoms with van der Waals surface area (Å²) in [5.41, 5.74) is 0.0952. The van der Waals surface area contributed by atoms with E-state index in [1.54, 1.807) is 13.8 Å². The maximum absolute atomic E-state index is 11.9. The average Bonchev–Trinajstić information content (AvgIpc) is 2.81. The molecule has 2 amide bonds. The van der Waals surface area contributed by atoms with Crippen LogP contribution >= 0.6 is 11.3 Å². The van der Waals surface area contributed by atoms with Crippen molar-refractivity contribution in [3.05, 3.63) is 21.9 Å². The van der Waals surface area contributed by atoms with Crippen molar-refractivity contribution in [1.82, 2.24) is 10.2 Å². The molecule has 20 heavy (non-hydrogen) atoms. The number of aliphatic hydroxyl groups excluding tert-OH is 1. The smallest absolute Gasteiger partial charge is 0.246 e. The summed E-state index contributed by atoms with van der Waals surface area (Å²) in [6.07, 6.45) is 0. The highest BCUT2D eigenvalue weighted by Gasteiger charge is 2.40. The Balaban J connectivity index is 2.22. The summed E-state index contributed by atoms with van der Waals surface area (Å²) in [5.74, 6) is 4.93. The second kappa shape index (κ2) is 5.75. The largest absolute Gasteiger partial charge is 0.384 e. The van der Waals surface area contributed by atoms with Crippen LogP contribution in [0.15, 0.2) is 11.4 Å². The van der Waals surface area contributed by atoms with Crippen LogP contribution < -0.4 is 5.32 Å². The fraction of sp³-hybridized carbons (Fsp3) is 0.429. The lowest BCUT2D eigenvalue weighted by molar-refractivity contribution is -0.145. The van der Waals surface area contributed by atoms with E-state index in [0.717, 1.165) is 10.4 Å². The normalized spacial score (nSPS) is 18.4. The molecule has 6 heteroatoms. The number of carbonyl (C=O) groups is 2. The van der Waals surface area contributed by atoms with Crippen molar-refractivity contribution < 1.29 is 14.7 Å². The fourth-order valence-electron chi connectivity index (χ4n) is 1.97. The molecule has 106 valence electrons. The van der Waals surface area contributed by atoms with Gasteiger partial charge in [0.25, 0.3) is 0 Å². The maximum atomic E-state index is 11.9. The van der Waals surface area contributed by atoms with Crippen LogP contribution in [0.25, 0.3) is 0 Å². The zero-order valence-corrected chi connectivity index (χ0v) is 12.2. The number of thiophene rings is 1. The number of hydrogen-bond acceptors (Lipinski definition) is 5. The van der Waals surface area contributed by atoms with Gasteiger partial charge in [-0.05, 0) is 25.3 Å². The Morgan fingerprint density at radius 2 is 2.25 bits per heavy atom. The molecule has 1 saturated heterocycles. The van der Waals surface area contributed by atoms with E-state index >= 15 is 0 Å². The fourth-order valence-corrected chi connectivity index (χ4v) is 2.81. The van der Waals surface area contributed by atoms with E-state index in [1.807, 2.05) is 16.3 Å². The number of imide groups is 1. The van der Waals surface area contributed by atoms with Crippen molar-refractivity contribution in [3.8, 4) is 11.8 Å². The molecule has 1 aromatic heterocycles. The van der Waals surface area contributed by atoms with Crippen molar-refractivity contribution in [2.75, 3.05) is 13.2 Å².